The molecule has 0 saturated heterocycles. The standard InChI is InChI=1S/C20H13ClN4O/c21-20-24-17(12-6-2-1-3-7-12)23-18(25-20)15-11-10-14-13-8-4-5-9-16(13)26-19(14)22-15/h1-11,14,19H. The third-order valence-electron chi connectivity index (χ3n) is 4.43. The predicted octanol–water partition coefficient (Wildman–Crippen LogP) is 4.05. The second kappa shape index (κ2) is 6.04. The Hall–Kier alpha value is -3.05. The number of benzene rings is 2. The summed E-state index contributed by atoms with van der Waals surface area (Å²) in [7, 11) is 0. The first-order valence-electron chi connectivity index (χ1n) is 8.27. The lowest BCUT2D eigenvalue weighted by Crippen LogP contribution is -2.22. The molecule has 0 saturated carbocycles. The fourth-order valence-electron chi connectivity index (χ4n) is 3.21. The summed E-state index contributed by atoms with van der Waals surface area (Å²) in [5.74, 6) is 1.95. The Bertz CT molecular complexity index is 1050. The molecule has 0 bridgehead atoms. The van der Waals surface area contributed by atoms with Crippen LogP contribution in [-0.4, -0.2) is 26.9 Å². The van der Waals surface area contributed by atoms with Crippen LogP contribution in [-0.2, 0) is 0 Å². The van der Waals surface area contributed by atoms with Crippen molar-refractivity contribution in [3.8, 4) is 17.1 Å². The second-order valence-corrected chi connectivity index (χ2v) is 6.40. The molecule has 2 atom stereocenters. The van der Waals surface area contributed by atoms with Gasteiger partial charge in [-0.2, -0.15) is 9.97 Å². The number of nitrogens with zero attached hydrogens (tertiary/aromatic N) is 4. The van der Waals surface area contributed by atoms with Gasteiger partial charge >= 0.3 is 0 Å². The molecule has 2 aliphatic heterocycles. The van der Waals surface area contributed by atoms with Crippen LogP contribution in [0, 0.1) is 0 Å². The van der Waals surface area contributed by atoms with Crippen molar-refractivity contribution in [1.29, 1.82) is 0 Å². The predicted molar refractivity (Wildman–Crippen MR) is 99.5 cm³/mol. The first-order valence-corrected chi connectivity index (χ1v) is 8.65. The van der Waals surface area contributed by atoms with Crippen LogP contribution in [0.5, 0.6) is 5.75 Å². The van der Waals surface area contributed by atoms with E-state index in [0.717, 1.165) is 16.9 Å². The van der Waals surface area contributed by atoms with E-state index >= 15 is 0 Å². The number of hydrogen-bond donors (Lipinski definition) is 0. The van der Waals surface area contributed by atoms with E-state index in [9.17, 15) is 0 Å². The van der Waals surface area contributed by atoms with Gasteiger partial charge in [-0.15, -0.1) is 0 Å². The highest BCUT2D eigenvalue weighted by molar-refractivity contribution is 6.28. The lowest BCUT2D eigenvalue weighted by Gasteiger charge is -2.17. The van der Waals surface area contributed by atoms with Crippen molar-refractivity contribution < 1.29 is 4.74 Å². The largest absolute Gasteiger partial charge is 0.467 e. The van der Waals surface area contributed by atoms with Gasteiger partial charge in [-0.3, -0.25) is 0 Å². The molecular formula is C20H13ClN4O. The fraction of sp³-hybridized carbons (Fsp3) is 0.100. The van der Waals surface area contributed by atoms with E-state index in [1.165, 1.54) is 0 Å². The minimum Gasteiger partial charge on any atom is -0.467 e. The van der Waals surface area contributed by atoms with Crippen LogP contribution in [0.15, 0.2) is 71.7 Å². The van der Waals surface area contributed by atoms with E-state index in [0.29, 0.717) is 17.4 Å². The Morgan fingerprint density at radius 1 is 0.846 bits per heavy atom. The van der Waals surface area contributed by atoms with Crippen molar-refractivity contribution in [3.63, 3.8) is 0 Å². The van der Waals surface area contributed by atoms with Crippen LogP contribution in [0.4, 0.5) is 0 Å². The molecule has 2 aromatic carbocycles. The normalized spacial score (nSPS) is 20.1. The molecular weight excluding hydrogens is 348 g/mol. The van der Waals surface area contributed by atoms with Crippen molar-refractivity contribution in [1.82, 2.24) is 15.0 Å². The maximum Gasteiger partial charge on any atom is 0.226 e. The zero-order valence-corrected chi connectivity index (χ0v) is 14.3. The molecule has 2 aliphatic rings. The minimum absolute atomic E-state index is 0.112. The molecule has 0 radical (unpaired) electrons. The van der Waals surface area contributed by atoms with Gasteiger partial charge in [0.05, 0.1) is 5.92 Å². The Morgan fingerprint density at radius 3 is 2.50 bits per heavy atom. The van der Waals surface area contributed by atoms with Gasteiger partial charge in [-0.1, -0.05) is 54.6 Å². The van der Waals surface area contributed by atoms with Gasteiger partial charge in [0.2, 0.25) is 11.5 Å². The number of halogens is 1. The Morgan fingerprint density at radius 2 is 1.62 bits per heavy atom. The Balaban J connectivity index is 1.52. The summed E-state index contributed by atoms with van der Waals surface area (Å²) >= 11 is 6.13. The van der Waals surface area contributed by atoms with E-state index in [2.05, 4.69) is 27.1 Å². The summed E-state index contributed by atoms with van der Waals surface area (Å²) in [4.78, 5) is 17.7. The maximum atomic E-state index is 6.13. The summed E-state index contributed by atoms with van der Waals surface area (Å²) in [6.07, 6.45) is 3.70. The van der Waals surface area contributed by atoms with Crippen LogP contribution >= 0.6 is 11.6 Å². The van der Waals surface area contributed by atoms with Crippen molar-refractivity contribution in [2.24, 2.45) is 4.99 Å². The van der Waals surface area contributed by atoms with Gasteiger partial charge in [0.25, 0.3) is 0 Å². The van der Waals surface area contributed by atoms with E-state index < -0.39 is 0 Å². The highest BCUT2D eigenvalue weighted by Gasteiger charge is 2.34. The highest BCUT2D eigenvalue weighted by atomic mass is 35.5. The smallest absolute Gasteiger partial charge is 0.226 e. The third-order valence-corrected chi connectivity index (χ3v) is 4.60. The van der Waals surface area contributed by atoms with E-state index in [-0.39, 0.29) is 17.4 Å². The summed E-state index contributed by atoms with van der Waals surface area (Å²) in [6.45, 7) is 0. The minimum atomic E-state index is -0.303. The lowest BCUT2D eigenvalue weighted by atomic mass is 9.96. The molecule has 26 heavy (non-hydrogen) atoms. The van der Waals surface area contributed by atoms with Crippen LogP contribution in [0.25, 0.3) is 11.4 Å². The fourth-order valence-corrected chi connectivity index (χ4v) is 3.37. The molecule has 126 valence electrons. The second-order valence-electron chi connectivity index (χ2n) is 6.06. The van der Waals surface area contributed by atoms with Crippen LogP contribution in [0.3, 0.4) is 0 Å². The zero-order valence-electron chi connectivity index (χ0n) is 13.6. The van der Waals surface area contributed by atoms with Gasteiger partial charge in [-0.05, 0) is 23.7 Å². The molecule has 0 aliphatic carbocycles. The van der Waals surface area contributed by atoms with Gasteiger partial charge in [0.1, 0.15) is 11.5 Å². The Labute approximate surface area is 155 Å². The molecule has 0 N–H and O–H groups in total. The summed E-state index contributed by atoms with van der Waals surface area (Å²) in [6, 6.07) is 17.7. The van der Waals surface area contributed by atoms with E-state index in [4.69, 9.17) is 21.3 Å². The van der Waals surface area contributed by atoms with Gasteiger partial charge in [0.15, 0.2) is 11.6 Å². The Kier molecular flexibility index (Phi) is 3.53. The first-order chi connectivity index (χ1) is 12.8. The maximum absolute atomic E-state index is 6.13. The molecule has 1 aromatic heterocycles. The average molecular weight is 361 g/mol. The van der Waals surface area contributed by atoms with Crippen molar-refractivity contribution in [2.75, 3.05) is 0 Å². The lowest BCUT2D eigenvalue weighted by molar-refractivity contribution is 0.229. The molecule has 0 spiro atoms. The van der Waals surface area contributed by atoms with Crippen molar-refractivity contribution >= 4 is 17.3 Å². The number of allylic oxidation sites excluding steroid dienone is 1. The molecule has 0 fully saturated rings. The van der Waals surface area contributed by atoms with Crippen molar-refractivity contribution in [3.05, 3.63) is 83.4 Å². The van der Waals surface area contributed by atoms with Crippen LogP contribution in [0.1, 0.15) is 17.3 Å². The molecule has 3 aromatic rings. The van der Waals surface area contributed by atoms with Crippen LogP contribution < -0.4 is 4.74 Å². The summed E-state index contributed by atoms with van der Waals surface area (Å²) < 4.78 is 5.96. The number of fused-ring (bicyclic) bond motifs is 3. The number of para-hydroxylation sites is 1. The number of hydrogen-bond acceptors (Lipinski definition) is 5. The number of ether oxygens (including phenoxy) is 1. The molecule has 0 amide bonds. The van der Waals surface area contributed by atoms with Crippen LogP contribution in [0.2, 0.25) is 5.28 Å². The SMILES string of the molecule is Clc1nc(C2=NC3Oc4ccccc4C3C=C2)nc(-c2ccccc2)n1. The van der Waals surface area contributed by atoms with E-state index in [1.54, 1.807) is 0 Å². The topological polar surface area (TPSA) is 60.3 Å². The average Bonchev–Trinajstić information content (AvgIpc) is 3.06. The molecule has 5 nitrogen and oxygen atoms in total. The summed E-state index contributed by atoms with van der Waals surface area (Å²) in [5, 5.41) is 0.141. The zero-order chi connectivity index (χ0) is 17.5. The number of aliphatic imine (C=N–C) groups is 1. The molecule has 6 heteroatoms. The monoisotopic (exact) mass is 360 g/mol. The summed E-state index contributed by atoms with van der Waals surface area (Å²) in [5.41, 5.74) is 2.66. The molecule has 2 unspecified atom stereocenters. The van der Waals surface area contributed by atoms with Gasteiger partial charge in [0, 0.05) is 11.1 Å². The van der Waals surface area contributed by atoms with Gasteiger partial charge in [-0.25, -0.2) is 9.98 Å². The number of rotatable bonds is 2. The quantitative estimate of drug-likeness (QED) is 0.691. The van der Waals surface area contributed by atoms with E-state index in [1.807, 2.05) is 54.6 Å². The number of dihydropyridines is 1. The number of aromatic nitrogens is 3. The van der Waals surface area contributed by atoms with Crippen molar-refractivity contribution in [2.45, 2.75) is 12.1 Å². The molecule has 3 heterocycles. The first kappa shape index (κ1) is 15.2. The highest BCUT2D eigenvalue weighted by Crippen LogP contribution is 2.41. The third kappa shape index (κ3) is 2.57. The van der Waals surface area contributed by atoms with Gasteiger partial charge < -0.3 is 4.74 Å². The molecule has 5 rings (SSSR count).